The number of nitrogens with zero attached hydrogens (tertiary/aromatic N) is 2. The number of anilines is 1. The molecule has 6 nitrogen and oxygen atoms in total. The van der Waals surface area contributed by atoms with Gasteiger partial charge in [-0.15, -0.1) is 0 Å². The third-order valence-corrected chi connectivity index (χ3v) is 2.75. The number of halogens is 2. The van der Waals surface area contributed by atoms with Crippen molar-refractivity contribution in [2.75, 3.05) is 5.32 Å². The lowest BCUT2D eigenvalue weighted by Crippen LogP contribution is -2.19. The number of carbonyl (C=O) groups excluding carboxylic acids is 1. The average Bonchev–Trinajstić information content (AvgIpc) is 2.75. The van der Waals surface area contributed by atoms with Gasteiger partial charge in [-0.05, 0) is 24.3 Å². The molecular formula is C12H9Cl2N3O3. The Labute approximate surface area is 123 Å². The molecule has 0 saturated heterocycles. The first-order valence-corrected chi connectivity index (χ1v) is 6.22. The van der Waals surface area contributed by atoms with E-state index in [1.54, 1.807) is 18.2 Å². The normalized spacial score (nSPS) is 10.3. The summed E-state index contributed by atoms with van der Waals surface area (Å²) in [5.74, 6) is -1.52. The minimum Gasteiger partial charge on any atom is -0.476 e. The summed E-state index contributed by atoms with van der Waals surface area (Å²) in [6, 6.07) is 5.96. The number of aromatic carboxylic acids is 1. The number of amides is 1. The molecule has 0 atom stereocenters. The number of carboxylic acid groups (broad SMARTS) is 1. The third kappa shape index (κ3) is 3.72. The van der Waals surface area contributed by atoms with E-state index in [2.05, 4.69) is 10.4 Å². The first kappa shape index (κ1) is 14.4. The van der Waals surface area contributed by atoms with Crippen LogP contribution in [0.4, 0.5) is 5.69 Å². The van der Waals surface area contributed by atoms with Crippen LogP contribution < -0.4 is 5.32 Å². The lowest BCUT2D eigenvalue weighted by atomic mass is 10.3. The van der Waals surface area contributed by atoms with Crippen molar-refractivity contribution in [2.45, 2.75) is 6.54 Å². The van der Waals surface area contributed by atoms with E-state index in [-0.39, 0.29) is 18.1 Å². The molecule has 104 valence electrons. The van der Waals surface area contributed by atoms with Gasteiger partial charge in [0.2, 0.25) is 5.91 Å². The Kier molecular flexibility index (Phi) is 4.26. The van der Waals surface area contributed by atoms with Crippen molar-refractivity contribution in [3.05, 3.63) is 46.2 Å². The number of aromatic nitrogens is 2. The van der Waals surface area contributed by atoms with Crippen LogP contribution in [0.2, 0.25) is 10.0 Å². The number of nitrogens with one attached hydrogen (secondary N) is 1. The molecule has 8 heteroatoms. The molecular weight excluding hydrogens is 305 g/mol. The van der Waals surface area contributed by atoms with Crippen LogP contribution in [0.1, 0.15) is 10.5 Å². The second-order valence-electron chi connectivity index (χ2n) is 3.91. The van der Waals surface area contributed by atoms with Gasteiger partial charge in [-0.2, -0.15) is 5.10 Å². The molecule has 2 N–H and O–H groups in total. The highest BCUT2D eigenvalue weighted by molar-refractivity contribution is 6.35. The van der Waals surface area contributed by atoms with Gasteiger partial charge >= 0.3 is 5.97 Å². The van der Waals surface area contributed by atoms with Gasteiger partial charge in [-0.3, -0.25) is 9.48 Å². The van der Waals surface area contributed by atoms with E-state index < -0.39 is 5.97 Å². The molecule has 0 saturated carbocycles. The maximum atomic E-state index is 11.8. The number of rotatable bonds is 4. The van der Waals surface area contributed by atoms with Gasteiger partial charge in [0, 0.05) is 21.9 Å². The molecule has 0 radical (unpaired) electrons. The summed E-state index contributed by atoms with van der Waals surface area (Å²) in [4.78, 5) is 22.4. The van der Waals surface area contributed by atoms with Crippen LogP contribution in [0, 0.1) is 0 Å². The van der Waals surface area contributed by atoms with Crippen molar-refractivity contribution >= 4 is 40.8 Å². The average molecular weight is 314 g/mol. The molecule has 0 fully saturated rings. The van der Waals surface area contributed by atoms with E-state index in [1.165, 1.54) is 16.9 Å². The van der Waals surface area contributed by atoms with Crippen LogP contribution >= 0.6 is 23.2 Å². The van der Waals surface area contributed by atoms with Gasteiger partial charge < -0.3 is 10.4 Å². The zero-order valence-corrected chi connectivity index (χ0v) is 11.5. The van der Waals surface area contributed by atoms with Crippen LogP contribution in [0.25, 0.3) is 0 Å². The second kappa shape index (κ2) is 5.94. The largest absolute Gasteiger partial charge is 0.476 e. The topological polar surface area (TPSA) is 84.2 Å². The fourth-order valence-electron chi connectivity index (χ4n) is 1.54. The van der Waals surface area contributed by atoms with Gasteiger partial charge in [0.05, 0.1) is 0 Å². The van der Waals surface area contributed by atoms with E-state index in [9.17, 15) is 9.59 Å². The van der Waals surface area contributed by atoms with Crippen LogP contribution in [0.15, 0.2) is 30.5 Å². The Hall–Kier alpha value is -2.05. The highest BCUT2D eigenvalue weighted by Crippen LogP contribution is 2.22. The standard InChI is InChI=1S/C12H9Cl2N3O3/c13-7-3-8(14)5-9(4-7)15-11(18)6-17-2-1-10(16-17)12(19)20/h1-5H,6H2,(H,15,18)(H,19,20). The first-order chi connectivity index (χ1) is 9.44. The predicted octanol–water partition coefficient (Wildman–Crippen LogP) is 2.53. The van der Waals surface area contributed by atoms with E-state index in [0.717, 1.165) is 0 Å². The molecule has 0 spiro atoms. The lowest BCUT2D eigenvalue weighted by Gasteiger charge is -2.06. The number of carbonyl (C=O) groups is 2. The Morgan fingerprint density at radius 2 is 1.90 bits per heavy atom. The summed E-state index contributed by atoms with van der Waals surface area (Å²) in [6.07, 6.45) is 1.41. The van der Waals surface area contributed by atoms with Crippen molar-refractivity contribution in [3.63, 3.8) is 0 Å². The summed E-state index contributed by atoms with van der Waals surface area (Å²) in [5.41, 5.74) is 0.335. The van der Waals surface area contributed by atoms with Crippen LogP contribution in [0.5, 0.6) is 0 Å². The van der Waals surface area contributed by atoms with Crippen molar-refractivity contribution in [3.8, 4) is 0 Å². The maximum absolute atomic E-state index is 11.8. The molecule has 1 aromatic carbocycles. The fraction of sp³-hybridized carbons (Fsp3) is 0.0833. The molecule has 0 unspecified atom stereocenters. The van der Waals surface area contributed by atoms with E-state index in [1.807, 2.05) is 0 Å². The number of hydrogen-bond acceptors (Lipinski definition) is 3. The van der Waals surface area contributed by atoms with Crippen molar-refractivity contribution in [1.82, 2.24) is 9.78 Å². The van der Waals surface area contributed by atoms with Crippen LogP contribution in [0.3, 0.4) is 0 Å². The molecule has 0 bridgehead atoms. The molecule has 2 aromatic rings. The molecule has 1 amide bonds. The predicted molar refractivity (Wildman–Crippen MR) is 74.3 cm³/mol. The number of carboxylic acids is 1. The molecule has 1 aromatic heterocycles. The SMILES string of the molecule is O=C(Cn1ccc(C(=O)O)n1)Nc1cc(Cl)cc(Cl)c1. The Balaban J connectivity index is 2.03. The van der Waals surface area contributed by atoms with Gasteiger partial charge in [0.15, 0.2) is 5.69 Å². The molecule has 0 aliphatic rings. The number of hydrogen-bond donors (Lipinski definition) is 2. The van der Waals surface area contributed by atoms with Gasteiger partial charge in [-0.25, -0.2) is 4.79 Å². The second-order valence-corrected chi connectivity index (χ2v) is 4.78. The minimum atomic E-state index is -1.15. The summed E-state index contributed by atoms with van der Waals surface area (Å²) in [7, 11) is 0. The van der Waals surface area contributed by atoms with E-state index in [0.29, 0.717) is 15.7 Å². The molecule has 0 aliphatic heterocycles. The van der Waals surface area contributed by atoms with Crippen molar-refractivity contribution in [2.24, 2.45) is 0 Å². The molecule has 20 heavy (non-hydrogen) atoms. The van der Waals surface area contributed by atoms with Crippen molar-refractivity contribution < 1.29 is 14.7 Å². The summed E-state index contributed by atoms with van der Waals surface area (Å²) >= 11 is 11.6. The molecule has 0 aliphatic carbocycles. The zero-order valence-electron chi connectivity index (χ0n) is 10.0. The highest BCUT2D eigenvalue weighted by Gasteiger charge is 2.10. The third-order valence-electron chi connectivity index (χ3n) is 2.31. The number of benzene rings is 1. The molecule has 1 heterocycles. The Morgan fingerprint density at radius 1 is 1.25 bits per heavy atom. The smallest absolute Gasteiger partial charge is 0.356 e. The van der Waals surface area contributed by atoms with Crippen LogP contribution in [-0.4, -0.2) is 26.8 Å². The van der Waals surface area contributed by atoms with Gasteiger partial charge in [-0.1, -0.05) is 23.2 Å². The maximum Gasteiger partial charge on any atom is 0.356 e. The summed E-state index contributed by atoms with van der Waals surface area (Å²) < 4.78 is 1.23. The minimum absolute atomic E-state index is 0.114. The van der Waals surface area contributed by atoms with E-state index in [4.69, 9.17) is 28.3 Å². The Morgan fingerprint density at radius 3 is 2.45 bits per heavy atom. The summed E-state index contributed by atoms with van der Waals surface area (Å²) in [6.45, 7) is -0.114. The van der Waals surface area contributed by atoms with Crippen molar-refractivity contribution in [1.29, 1.82) is 0 Å². The first-order valence-electron chi connectivity index (χ1n) is 5.47. The summed E-state index contributed by atoms with van der Waals surface area (Å²) in [5, 5.41) is 15.9. The van der Waals surface area contributed by atoms with Crippen LogP contribution in [-0.2, 0) is 11.3 Å². The Bertz CT molecular complexity index is 649. The quantitative estimate of drug-likeness (QED) is 0.908. The van der Waals surface area contributed by atoms with Gasteiger partial charge in [0.25, 0.3) is 0 Å². The van der Waals surface area contributed by atoms with Gasteiger partial charge in [0.1, 0.15) is 6.54 Å². The zero-order chi connectivity index (χ0) is 14.7. The lowest BCUT2D eigenvalue weighted by molar-refractivity contribution is -0.116. The fourth-order valence-corrected chi connectivity index (χ4v) is 2.06. The monoisotopic (exact) mass is 313 g/mol. The highest BCUT2D eigenvalue weighted by atomic mass is 35.5. The van der Waals surface area contributed by atoms with E-state index >= 15 is 0 Å². The molecule has 2 rings (SSSR count).